The van der Waals surface area contributed by atoms with Crippen LogP contribution < -0.4 is 15.0 Å². The maximum Gasteiger partial charge on any atom is 0.328 e. The van der Waals surface area contributed by atoms with Crippen LogP contribution in [0, 0.1) is 12.7 Å². The number of aryl methyl sites for hydroxylation is 1. The molecule has 0 aliphatic carbocycles. The maximum absolute atomic E-state index is 13.1. The highest BCUT2D eigenvalue weighted by Gasteiger charge is 2.11. The third kappa shape index (κ3) is 3.77. The van der Waals surface area contributed by atoms with Crippen LogP contribution in [0.3, 0.4) is 0 Å². The van der Waals surface area contributed by atoms with Crippen LogP contribution in [-0.4, -0.2) is 35.6 Å². The van der Waals surface area contributed by atoms with Crippen LogP contribution >= 0.6 is 0 Å². The molecule has 2 aromatic rings. The number of ether oxygens (including phenoxy) is 1. The highest BCUT2D eigenvalue weighted by atomic mass is 19.1. The van der Waals surface area contributed by atoms with E-state index in [-0.39, 0.29) is 11.8 Å². The Balaban J connectivity index is 2.33. The molecule has 2 rings (SSSR count). The number of anilines is 2. The Morgan fingerprint density at radius 2 is 2.00 bits per heavy atom. The van der Waals surface area contributed by atoms with E-state index in [1.165, 1.54) is 12.1 Å². The number of nitrogens with one attached hydrogen (secondary N) is 1. The summed E-state index contributed by atoms with van der Waals surface area (Å²) >= 11 is 0. The van der Waals surface area contributed by atoms with Crippen molar-refractivity contribution >= 4 is 11.9 Å². The van der Waals surface area contributed by atoms with Gasteiger partial charge in [-0.15, -0.1) is 0 Å². The van der Waals surface area contributed by atoms with E-state index in [0.717, 1.165) is 0 Å². The van der Waals surface area contributed by atoms with Crippen molar-refractivity contribution in [2.45, 2.75) is 13.8 Å². The molecule has 1 N–H and O–H groups in total. The summed E-state index contributed by atoms with van der Waals surface area (Å²) in [5.74, 6) is 1.12. The predicted octanol–water partition coefficient (Wildman–Crippen LogP) is 2.61. The van der Waals surface area contributed by atoms with Gasteiger partial charge in [-0.05, 0) is 37.6 Å². The first-order valence-electron chi connectivity index (χ1n) is 6.61. The lowest BCUT2D eigenvalue weighted by Crippen LogP contribution is -2.15. The Morgan fingerprint density at radius 3 is 2.62 bits per heavy atom. The smallest absolute Gasteiger partial charge is 0.328 e. The van der Waals surface area contributed by atoms with Gasteiger partial charge in [0.2, 0.25) is 11.9 Å². The third-order valence-corrected chi connectivity index (χ3v) is 2.68. The number of hydrogen-bond donors (Lipinski definition) is 1. The van der Waals surface area contributed by atoms with Crippen molar-refractivity contribution in [3.8, 4) is 11.8 Å². The number of hydrogen-bond acceptors (Lipinski definition) is 6. The molecular formula is C14H18FN5O. The lowest BCUT2D eigenvalue weighted by molar-refractivity contribution is 0.436. The predicted molar refractivity (Wildman–Crippen MR) is 79.5 cm³/mol. The molecule has 112 valence electrons. The van der Waals surface area contributed by atoms with Gasteiger partial charge in [0.25, 0.3) is 0 Å². The minimum absolute atomic E-state index is 0.166. The van der Waals surface area contributed by atoms with Crippen molar-refractivity contribution in [3.05, 3.63) is 29.6 Å². The molecule has 1 aromatic carbocycles. The molecule has 21 heavy (non-hydrogen) atoms. The van der Waals surface area contributed by atoms with Crippen LogP contribution in [0.4, 0.5) is 16.3 Å². The molecule has 0 aliphatic rings. The van der Waals surface area contributed by atoms with Gasteiger partial charge in [-0.3, -0.25) is 0 Å². The zero-order chi connectivity index (χ0) is 15.4. The van der Waals surface area contributed by atoms with Gasteiger partial charge < -0.3 is 15.0 Å². The molecule has 0 atom stereocenters. The molecule has 0 radical (unpaired) electrons. The van der Waals surface area contributed by atoms with E-state index < -0.39 is 0 Å². The monoisotopic (exact) mass is 291 g/mol. The van der Waals surface area contributed by atoms with Crippen molar-refractivity contribution in [1.29, 1.82) is 0 Å². The van der Waals surface area contributed by atoms with Crippen LogP contribution in [-0.2, 0) is 0 Å². The Bertz CT molecular complexity index is 633. The molecule has 6 nitrogen and oxygen atoms in total. The fraction of sp³-hybridized carbons (Fsp3) is 0.357. The zero-order valence-electron chi connectivity index (χ0n) is 12.5. The molecule has 0 fully saturated rings. The van der Waals surface area contributed by atoms with Crippen molar-refractivity contribution in [2.24, 2.45) is 0 Å². The largest absolute Gasteiger partial charge is 0.424 e. The fourth-order valence-electron chi connectivity index (χ4n) is 1.65. The lowest BCUT2D eigenvalue weighted by Gasteiger charge is -2.13. The molecule has 1 aromatic heterocycles. The molecule has 0 aliphatic heterocycles. The lowest BCUT2D eigenvalue weighted by atomic mass is 10.2. The average Bonchev–Trinajstić information content (AvgIpc) is 2.42. The van der Waals surface area contributed by atoms with Gasteiger partial charge >= 0.3 is 6.01 Å². The number of benzene rings is 1. The van der Waals surface area contributed by atoms with Gasteiger partial charge in [-0.1, -0.05) is 0 Å². The van der Waals surface area contributed by atoms with E-state index in [2.05, 4.69) is 20.3 Å². The van der Waals surface area contributed by atoms with Crippen LogP contribution in [0.25, 0.3) is 0 Å². The molecule has 0 saturated carbocycles. The summed E-state index contributed by atoms with van der Waals surface area (Å²) in [4.78, 5) is 14.4. The van der Waals surface area contributed by atoms with E-state index in [1.807, 2.05) is 21.0 Å². The summed E-state index contributed by atoms with van der Waals surface area (Å²) in [5.41, 5.74) is 0.673. The van der Waals surface area contributed by atoms with Gasteiger partial charge in [0.05, 0.1) is 0 Å². The molecule has 0 unspecified atom stereocenters. The zero-order valence-corrected chi connectivity index (χ0v) is 12.5. The molecule has 1 heterocycles. The molecule has 0 bridgehead atoms. The van der Waals surface area contributed by atoms with Crippen molar-refractivity contribution in [3.63, 3.8) is 0 Å². The Hall–Kier alpha value is -2.44. The van der Waals surface area contributed by atoms with Crippen LogP contribution in [0.5, 0.6) is 11.8 Å². The first-order valence-corrected chi connectivity index (χ1v) is 6.61. The standard InChI is InChI=1S/C14H18FN5O/c1-5-16-12-17-13(20(3)4)19-14(18-12)21-11-7-6-10(15)8-9(11)2/h6-8H,5H2,1-4H3,(H,16,17,18,19). The summed E-state index contributed by atoms with van der Waals surface area (Å²) < 4.78 is 18.8. The van der Waals surface area contributed by atoms with Gasteiger partial charge in [0.1, 0.15) is 11.6 Å². The summed E-state index contributed by atoms with van der Waals surface area (Å²) in [6.45, 7) is 4.40. The first-order chi connectivity index (χ1) is 9.99. The second-order valence-electron chi connectivity index (χ2n) is 4.68. The van der Waals surface area contributed by atoms with E-state index in [4.69, 9.17) is 4.74 Å². The van der Waals surface area contributed by atoms with E-state index in [0.29, 0.717) is 29.8 Å². The maximum atomic E-state index is 13.1. The summed E-state index contributed by atoms with van der Waals surface area (Å²) in [6.07, 6.45) is 0. The molecule has 7 heteroatoms. The number of rotatable bonds is 5. The minimum atomic E-state index is -0.308. The fourth-order valence-corrected chi connectivity index (χ4v) is 1.65. The Morgan fingerprint density at radius 1 is 1.24 bits per heavy atom. The van der Waals surface area contributed by atoms with E-state index in [1.54, 1.807) is 17.9 Å². The number of nitrogens with zero attached hydrogens (tertiary/aromatic N) is 4. The Kier molecular flexibility index (Phi) is 4.52. The molecule has 0 amide bonds. The third-order valence-electron chi connectivity index (χ3n) is 2.68. The normalized spacial score (nSPS) is 10.3. The molecular weight excluding hydrogens is 273 g/mol. The second kappa shape index (κ2) is 6.34. The van der Waals surface area contributed by atoms with E-state index >= 15 is 0 Å². The minimum Gasteiger partial charge on any atom is -0.424 e. The summed E-state index contributed by atoms with van der Waals surface area (Å²) in [6, 6.07) is 4.45. The molecule has 0 spiro atoms. The summed E-state index contributed by atoms with van der Waals surface area (Å²) in [7, 11) is 3.66. The van der Waals surface area contributed by atoms with Gasteiger partial charge in [0.15, 0.2) is 0 Å². The van der Waals surface area contributed by atoms with Gasteiger partial charge in [-0.25, -0.2) is 4.39 Å². The Labute approximate surface area is 123 Å². The second-order valence-corrected chi connectivity index (χ2v) is 4.68. The van der Waals surface area contributed by atoms with E-state index in [9.17, 15) is 4.39 Å². The summed E-state index contributed by atoms with van der Waals surface area (Å²) in [5, 5.41) is 3.02. The van der Waals surface area contributed by atoms with Crippen molar-refractivity contribution < 1.29 is 9.13 Å². The van der Waals surface area contributed by atoms with Gasteiger partial charge in [0, 0.05) is 20.6 Å². The van der Waals surface area contributed by atoms with Crippen LogP contribution in [0.2, 0.25) is 0 Å². The average molecular weight is 291 g/mol. The number of aromatic nitrogens is 3. The molecule has 0 saturated heterocycles. The first kappa shape index (κ1) is 15.0. The highest BCUT2D eigenvalue weighted by Crippen LogP contribution is 2.24. The topological polar surface area (TPSA) is 63.2 Å². The van der Waals surface area contributed by atoms with Crippen LogP contribution in [0.1, 0.15) is 12.5 Å². The quantitative estimate of drug-likeness (QED) is 0.913. The van der Waals surface area contributed by atoms with Crippen molar-refractivity contribution in [2.75, 3.05) is 30.9 Å². The van der Waals surface area contributed by atoms with Crippen molar-refractivity contribution in [1.82, 2.24) is 15.0 Å². The number of halogens is 1. The SMILES string of the molecule is CCNc1nc(Oc2ccc(F)cc2C)nc(N(C)C)n1. The van der Waals surface area contributed by atoms with Gasteiger partial charge in [-0.2, -0.15) is 15.0 Å². The van der Waals surface area contributed by atoms with Crippen LogP contribution in [0.15, 0.2) is 18.2 Å². The highest BCUT2D eigenvalue weighted by molar-refractivity contribution is 5.39.